The molecule has 0 bridgehead atoms. The summed E-state index contributed by atoms with van der Waals surface area (Å²) in [7, 11) is 0. The van der Waals surface area contributed by atoms with E-state index in [2.05, 4.69) is 0 Å². The predicted molar refractivity (Wildman–Crippen MR) is 58.3 cm³/mol. The number of hydrogen-bond donors (Lipinski definition) is 0. The van der Waals surface area contributed by atoms with Gasteiger partial charge in [-0.2, -0.15) is 0 Å². The zero-order chi connectivity index (χ0) is 10.2. The molecular weight excluding hydrogens is 196 g/mol. The summed E-state index contributed by atoms with van der Waals surface area (Å²) in [5, 5.41) is 0. The molecule has 2 nitrogen and oxygen atoms in total. The molecule has 0 saturated carbocycles. The molecule has 0 aliphatic rings. The molecule has 0 spiro atoms. The summed E-state index contributed by atoms with van der Waals surface area (Å²) in [5.74, 6) is 0.591. The lowest BCUT2D eigenvalue weighted by molar-refractivity contribution is -0.112. The van der Waals surface area contributed by atoms with E-state index in [1.807, 2.05) is 37.3 Å². The molecule has 0 heterocycles. The van der Waals surface area contributed by atoms with Gasteiger partial charge in [-0.05, 0) is 12.1 Å². The maximum absolute atomic E-state index is 10.3. The Morgan fingerprint density at radius 1 is 1.43 bits per heavy atom. The van der Waals surface area contributed by atoms with E-state index < -0.39 is 0 Å². The third-order valence-electron chi connectivity index (χ3n) is 1.67. The van der Waals surface area contributed by atoms with Gasteiger partial charge in [-0.3, -0.25) is 0 Å². The molecule has 0 N–H and O–H groups in total. The Kier molecular flexibility index (Phi) is 5.33. The minimum Gasteiger partial charge on any atom is -0.370 e. The smallest absolute Gasteiger partial charge is 0.125 e. The highest BCUT2D eigenvalue weighted by atomic mass is 32.2. The van der Waals surface area contributed by atoms with Crippen molar-refractivity contribution in [1.29, 1.82) is 0 Å². The van der Waals surface area contributed by atoms with Crippen LogP contribution in [0.4, 0.5) is 0 Å². The maximum Gasteiger partial charge on any atom is 0.125 e. The van der Waals surface area contributed by atoms with Gasteiger partial charge < -0.3 is 9.53 Å². The maximum atomic E-state index is 10.3. The Labute approximate surface area is 88.7 Å². The zero-order valence-electron chi connectivity index (χ0n) is 8.18. The Morgan fingerprint density at radius 2 is 2.14 bits per heavy atom. The second kappa shape index (κ2) is 6.62. The van der Waals surface area contributed by atoms with Gasteiger partial charge in [-0.15, -0.1) is 0 Å². The van der Waals surface area contributed by atoms with Crippen LogP contribution < -0.4 is 0 Å². The molecule has 0 fully saturated rings. The van der Waals surface area contributed by atoms with Gasteiger partial charge >= 0.3 is 0 Å². The van der Waals surface area contributed by atoms with E-state index in [9.17, 15) is 4.79 Å². The SMILES string of the molecule is CC(C=O)COCSc1ccccc1. The Morgan fingerprint density at radius 3 is 2.79 bits per heavy atom. The van der Waals surface area contributed by atoms with E-state index >= 15 is 0 Å². The fourth-order valence-corrected chi connectivity index (χ4v) is 1.56. The lowest BCUT2D eigenvalue weighted by Crippen LogP contribution is -2.06. The van der Waals surface area contributed by atoms with Crippen LogP contribution in [0.25, 0.3) is 0 Å². The minimum atomic E-state index is -0.00799. The second-order valence-electron chi connectivity index (χ2n) is 3.06. The molecular formula is C11H14O2S. The molecule has 1 aromatic carbocycles. The topological polar surface area (TPSA) is 26.3 Å². The molecule has 1 atom stereocenters. The lowest BCUT2D eigenvalue weighted by Gasteiger charge is -2.05. The van der Waals surface area contributed by atoms with Crippen LogP contribution in [-0.4, -0.2) is 18.8 Å². The highest BCUT2D eigenvalue weighted by molar-refractivity contribution is 7.99. The van der Waals surface area contributed by atoms with Crippen molar-refractivity contribution in [2.45, 2.75) is 11.8 Å². The number of hydrogen-bond acceptors (Lipinski definition) is 3. The van der Waals surface area contributed by atoms with Gasteiger partial charge in [-0.25, -0.2) is 0 Å². The van der Waals surface area contributed by atoms with Gasteiger partial charge in [0.25, 0.3) is 0 Å². The molecule has 3 heteroatoms. The van der Waals surface area contributed by atoms with E-state index in [1.54, 1.807) is 11.8 Å². The molecule has 1 aromatic rings. The molecule has 0 saturated heterocycles. The Balaban J connectivity index is 2.13. The summed E-state index contributed by atoms with van der Waals surface area (Å²) >= 11 is 1.63. The number of thioether (sulfide) groups is 1. The fourth-order valence-electron chi connectivity index (χ4n) is 0.900. The largest absolute Gasteiger partial charge is 0.370 e. The van der Waals surface area contributed by atoms with E-state index in [0.717, 1.165) is 6.29 Å². The van der Waals surface area contributed by atoms with E-state index in [-0.39, 0.29) is 5.92 Å². The number of carbonyl (C=O) groups excluding carboxylic acids is 1. The quantitative estimate of drug-likeness (QED) is 0.312. The summed E-state index contributed by atoms with van der Waals surface area (Å²) in [5.41, 5.74) is 0. The number of aldehydes is 1. The van der Waals surface area contributed by atoms with Gasteiger partial charge in [0, 0.05) is 10.8 Å². The average molecular weight is 210 g/mol. The number of rotatable bonds is 6. The van der Waals surface area contributed by atoms with E-state index in [4.69, 9.17) is 4.74 Å². The highest BCUT2D eigenvalue weighted by Gasteiger charge is 1.99. The molecule has 1 unspecified atom stereocenters. The van der Waals surface area contributed by atoms with Gasteiger partial charge in [0.05, 0.1) is 12.5 Å². The first kappa shape index (κ1) is 11.3. The van der Waals surface area contributed by atoms with Gasteiger partial charge in [0.2, 0.25) is 0 Å². The Bertz CT molecular complexity index is 261. The number of ether oxygens (including phenoxy) is 1. The fraction of sp³-hybridized carbons (Fsp3) is 0.364. The zero-order valence-corrected chi connectivity index (χ0v) is 9.00. The number of carbonyl (C=O) groups is 1. The third-order valence-corrected chi connectivity index (χ3v) is 2.56. The summed E-state index contributed by atoms with van der Waals surface area (Å²) < 4.78 is 5.32. The van der Waals surface area contributed by atoms with Crippen molar-refractivity contribution in [1.82, 2.24) is 0 Å². The van der Waals surface area contributed by atoms with Crippen LogP contribution in [-0.2, 0) is 9.53 Å². The van der Waals surface area contributed by atoms with Crippen LogP contribution in [0.3, 0.4) is 0 Å². The lowest BCUT2D eigenvalue weighted by atomic mass is 10.2. The summed E-state index contributed by atoms with van der Waals surface area (Å²) in [6.07, 6.45) is 0.910. The van der Waals surface area contributed by atoms with Crippen molar-refractivity contribution >= 4 is 18.0 Å². The first-order valence-corrected chi connectivity index (χ1v) is 5.52. The van der Waals surface area contributed by atoms with Crippen molar-refractivity contribution in [3.05, 3.63) is 30.3 Å². The predicted octanol–water partition coefficient (Wildman–Crippen LogP) is 2.59. The molecule has 0 aliphatic carbocycles. The second-order valence-corrected chi connectivity index (χ2v) is 4.06. The Hall–Kier alpha value is -0.800. The molecule has 14 heavy (non-hydrogen) atoms. The van der Waals surface area contributed by atoms with E-state index in [0.29, 0.717) is 12.5 Å². The van der Waals surface area contributed by atoms with Gasteiger partial charge in [0.1, 0.15) is 6.29 Å². The van der Waals surface area contributed by atoms with Gasteiger partial charge in [-0.1, -0.05) is 36.9 Å². The number of benzene rings is 1. The molecule has 0 radical (unpaired) electrons. The van der Waals surface area contributed by atoms with E-state index in [1.165, 1.54) is 4.90 Å². The standard InChI is InChI=1S/C11H14O2S/c1-10(7-12)8-13-9-14-11-5-3-2-4-6-11/h2-7,10H,8-9H2,1H3. The summed E-state index contributed by atoms with van der Waals surface area (Å²) in [4.78, 5) is 11.5. The van der Waals surface area contributed by atoms with Crippen molar-refractivity contribution in [2.75, 3.05) is 12.5 Å². The van der Waals surface area contributed by atoms with Crippen LogP contribution >= 0.6 is 11.8 Å². The monoisotopic (exact) mass is 210 g/mol. The molecule has 1 rings (SSSR count). The van der Waals surface area contributed by atoms with Crippen molar-refractivity contribution in [2.24, 2.45) is 5.92 Å². The van der Waals surface area contributed by atoms with Crippen LogP contribution in [0.1, 0.15) is 6.92 Å². The first-order valence-electron chi connectivity index (χ1n) is 4.54. The summed E-state index contributed by atoms with van der Waals surface area (Å²) in [6, 6.07) is 10.1. The first-order chi connectivity index (χ1) is 6.83. The normalized spacial score (nSPS) is 12.4. The summed E-state index contributed by atoms with van der Waals surface area (Å²) in [6.45, 7) is 2.35. The van der Waals surface area contributed by atoms with Crippen LogP contribution in [0, 0.1) is 5.92 Å². The van der Waals surface area contributed by atoms with Crippen molar-refractivity contribution in [3.8, 4) is 0 Å². The van der Waals surface area contributed by atoms with Gasteiger partial charge in [0.15, 0.2) is 0 Å². The molecule has 0 aromatic heterocycles. The molecule has 76 valence electrons. The average Bonchev–Trinajstić information content (AvgIpc) is 2.25. The molecule has 0 amide bonds. The van der Waals surface area contributed by atoms with Crippen molar-refractivity contribution in [3.63, 3.8) is 0 Å². The third kappa shape index (κ3) is 4.44. The van der Waals surface area contributed by atoms with Crippen molar-refractivity contribution < 1.29 is 9.53 Å². The van der Waals surface area contributed by atoms with Crippen LogP contribution in [0.15, 0.2) is 35.2 Å². The minimum absolute atomic E-state index is 0.00799. The van der Waals surface area contributed by atoms with Crippen LogP contribution in [0.5, 0.6) is 0 Å². The van der Waals surface area contributed by atoms with Crippen LogP contribution in [0.2, 0.25) is 0 Å². The molecule has 0 aliphatic heterocycles. The highest BCUT2D eigenvalue weighted by Crippen LogP contribution is 2.16.